The first-order valence-corrected chi connectivity index (χ1v) is 5.83. The third-order valence-corrected chi connectivity index (χ3v) is 2.75. The Hall–Kier alpha value is -2.43. The van der Waals surface area contributed by atoms with Gasteiger partial charge in [0.05, 0.1) is 7.11 Å². The van der Waals surface area contributed by atoms with Crippen LogP contribution in [0.5, 0.6) is 11.5 Å². The maximum Gasteiger partial charge on any atom is 0.387 e. The highest BCUT2D eigenvalue weighted by atomic mass is 19.3. The molecule has 0 bridgehead atoms. The molecule has 0 spiro atoms. The fourth-order valence-electron chi connectivity index (χ4n) is 1.90. The van der Waals surface area contributed by atoms with Crippen LogP contribution in [0.3, 0.4) is 0 Å². The second kappa shape index (κ2) is 6.14. The number of hydrogen-bond donors (Lipinski definition) is 0. The molecule has 0 amide bonds. The molecule has 0 atom stereocenters. The summed E-state index contributed by atoms with van der Waals surface area (Å²) in [5.74, 6) is 0.504. The van der Waals surface area contributed by atoms with Gasteiger partial charge in [0.1, 0.15) is 17.8 Å². The summed E-state index contributed by atoms with van der Waals surface area (Å²) in [5, 5.41) is 0. The van der Waals surface area contributed by atoms with E-state index in [0.29, 0.717) is 28.7 Å². The molecule has 2 aromatic carbocycles. The number of carbonyl (C=O) groups is 1. The predicted octanol–water partition coefficient (Wildman–Crippen LogP) is 3.78. The van der Waals surface area contributed by atoms with Crippen molar-refractivity contribution in [3.05, 3.63) is 48.0 Å². The summed E-state index contributed by atoms with van der Waals surface area (Å²) in [6.07, 6.45) is 0.644. The molecule has 0 fully saturated rings. The number of methoxy groups -OCH3 is 1. The maximum absolute atomic E-state index is 12.5. The molecule has 0 aliphatic rings. The molecule has 104 valence electrons. The van der Waals surface area contributed by atoms with E-state index in [2.05, 4.69) is 4.74 Å². The molecule has 0 unspecified atom stereocenters. The Bertz CT molecular complexity index is 612. The van der Waals surface area contributed by atoms with Gasteiger partial charge in [0.2, 0.25) is 0 Å². The molecule has 0 aliphatic carbocycles. The van der Waals surface area contributed by atoms with Crippen LogP contribution in [0.2, 0.25) is 0 Å². The third-order valence-electron chi connectivity index (χ3n) is 2.75. The molecule has 0 saturated carbocycles. The Balaban J connectivity index is 2.59. The minimum Gasteiger partial charge on any atom is -0.496 e. The highest BCUT2D eigenvalue weighted by Gasteiger charge is 2.15. The zero-order chi connectivity index (χ0) is 14.5. The molecule has 0 aliphatic heterocycles. The third kappa shape index (κ3) is 2.93. The van der Waals surface area contributed by atoms with Gasteiger partial charge in [0.15, 0.2) is 0 Å². The minimum atomic E-state index is -2.94. The first-order valence-electron chi connectivity index (χ1n) is 5.83. The summed E-state index contributed by atoms with van der Waals surface area (Å²) >= 11 is 0. The van der Waals surface area contributed by atoms with Crippen LogP contribution in [-0.4, -0.2) is 20.0 Å². The van der Waals surface area contributed by atoms with Crippen molar-refractivity contribution in [2.24, 2.45) is 0 Å². The van der Waals surface area contributed by atoms with Gasteiger partial charge in [-0.2, -0.15) is 8.78 Å². The highest BCUT2D eigenvalue weighted by Crippen LogP contribution is 2.37. The number of hydrogen-bond acceptors (Lipinski definition) is 3. The van der Waals surface area contributed by atoms with Crippen molar-refractivity contribution in [3.63, 3.8) is 0 Å². The summed E-state index contributed by atoms with van der Waals surface area (Å²) in [6.45, 7) is -2.94. The highest BCUT2D eigenvalue weighted by molar-refractivity contribution is 5.83. The minimum absolute atomic E-state index is 0.00454. The smallest absolute Gasteiger partial charge is 0.387 e. The fraction of sp³-hybridized carbons (Fsp3) is 0.133. The van der Waals surface area contributed by atoms with E-state index in [1.165, 1.54) is 25.3 Å². The van der Waals surface area contributed by atoms with Crippen LogP contribution in [0.1, 0.15) is 10.4 Å². The molecule has 2 rings (SSSR count). The lowest BCUT2D eigenvalue weighted by Gasteiger charge is -2.14. The monoisotopic (exact) mass is 278 g/mol. The van der Waals surface area contributed by atoms with Gasteiger partial charge in [-0.1, -0.05) is 18.2 Å². The second-order valence-corrected chi connectivity index (χ2v) is 3.95. The molecule has 0 heterocycles. The molecule has 3 nitrogen and oxygen atoms in total. The number of benzene rings is 2. The van der Waals surface area contributed by atoms with E-state index < -0.39 is 6.61 Å². The van der Waals surface area contributed by atoms with Gasteiger partial charge < -0.3 is 9.47 Å². The molecule has 0 radical (unpaired) electrons. The fourth-order valence-corrected chi connectivity index (χ4v) is 1.90. The molecule has 5 heteroatoms. The molecular formula is C15H12F2O3. The van der Waals surface area contributed by atoms with Gasteiger partial charge in [-0.15, -0.1) is 0 Å². The Morgan fingerprint density at radius 3 is 2.45 bits per heavy atom. The molecule has 20 heavy (non-hydrogen) atoms. The van der Waals surface area contributed by atoms with E-state index >= 15 is 0 Å². The summed E-state index contributed by atoms with van der Waals surface area (Å²) in [7, 11) is 1.48. The van der Waals surface area contributed by atoms with Gasteiger partial charge in [-0.25, -0.2) is 0 Å². The molecule has 0 N–H and O–H groups in total. The SMILES string of the molecule is COc1ccccc1-c1cc(C=O)ccc1OC(F)F. The van der Waals surface area contributed by atoms with Crippen molar-refractivity contribution >= 4 is 6.29 Å². The van der Waals surface area contributed by atoms with Gasteiger partial charge in [0, 0.05) is 16.7 Å². The Morgan fingerprint density at radius 2 is 1.80 bits per heavy atom. The van der Waals surface area contributed by atoms with Crippen LogP contribution in [0.15, 0.2) is 42.5 Å². The summed E-state index contributed by atoms with van der Waals surface area (Å²) in [6, 6.07) is 11.2. The summed E-state index contributed by atoms with van der Waals surface area (Å²) < 4.78 is 34.6. The van der Waals surface area contributed by atoms with Crippen LogP contribution in [-0.2, 0) is 0 Å². The van der Waals surface area contributed by atoms with E-state index in [4.69, 9.17) is 4.74 Å². The van der Waals surface area contributed by atoms with Crippen molar-refractivity contribution in [2.45, 2.75) is 6.61 Å². The number of halogens is 2. The molecular weight excluding hydrogens is 266 g/mol. The predicted molar refractivity (Wildman–Crippen MR) is 70.4 cm³/mol. The number of rotatable bonds is 5. The van der Waals surface area contributed by atoms with E-state index in [9.17, 15) is 13.6 Å². The van der Waals surface area contributed by atoms with Crippen molar-refractivity contribution in [2.75, 3.05) is 7.11 Å². The van der Waals surface area contributed by atoms with E-state index in [-0.39, 0.29) is 5.75 Å². The largest absolute Gasteiger partial charge is 0.496 e. The number of ether oxygens (including phenoxy) is 2. The quantitative estimate of drug-likeness (QED) is 0.781. The average molecular weight is 278 g/mol. The van der Waals surface area contributed by atoms with Crippen molar-refractivity contribution in [3.8, 4) is 22.6 Å². The normalized spacial score (nSPS) is 10.4. The number of alkyl halides is 2. The zero-order valence-electron chi connectivity index (χ0n) is 10.7. The Kier molecular flexibility index (Phi) is 4.30. The van der Waals surface area contributed by atoms with Crippen molar-refractivity contribution in [1.29, 1.82) is 0 Å². The van der Waals surface area contributed by atoms with E-state index in [1.54, 1.807) is 24.3 Å². The Labute approximate surface area is 114 Å². The number of para-hydroxylation sites is 1. The van der Waals surface area contributed by atoms with Gasteiger partial charge in [0.25, 0.3) is 0 Å². The van der Waals surface area contributed by atoms with E-state index in [1.807, 2.05) is 0 Å². The lowest BCUT2D eigenvalue weighted by Crippen LogP contribution is -2.04. The molecule has 0 aromatic heterocycles. The zero-order valence-corrected chi connectivity index (χ0v) is 10.7. The van der Waals surface area contributed by atoms with Crippen LogP contribution in [0, 0.1) is 0 Å². The van der Waals surface area contributed by atoms with Gasteiger partial charge >= 0.3 is 6.61 Å². The van der Waals surface area contributed by atoms with Crippen LogP contribution < -0.4 is 9.47 Å². The van der Waals surface area contributed by atoms with Gasteiger partial charge in [-0.05, 0) is 24.3 Å². The number of carbonyl (C=O) groups excluding carboxylic acids is 1. The Morgan fingerprint density at radius 1 is 1.05 bits per heavy atom. The summed E-state index contributed by atoms with van der Waals surface area (Å²) in [5.41, 5.74) is 1.33. The van der Waals surface area contributed by atoms with Crippen molar-refractivity contribution in [1.82, 2.24) is 0 Å². The number of aldehydes is 1. The van der Waals surface area contributed by atoms with Crippen LogP contribution >= 0.6 is 0 Å². The van der Waals surface area contributed by atoms with Crippen LogP contribution in [0.4, 0.5) is 8.78 Å². The molecule has 2 aromatic rings. The lowest BCUT2D eigenvalue weighted by molar-refractivity contribution is -0.0494. The summed E-state index contributed by atoms with van der Waals surface area (Å²) in [4.78, 5) is 10.9. The molecule has 0 saturated heterocycles. The van der Waals surface area contributed by atoms with Crippen molar-refractivity contribution < 1.29 is 23.0 Å². The van der Waals surface area contributed by atoms with Gasteiger partial charge in [-0.3, -0.25) is 4.79 Å². The van der Waals surface area contributed by atoms with E-state index in [0.717, 1.165) is 0 Å². The lowest BCUT2D eigenvalue weighted by atomic mass is 10.0. The first-order chi connectivity index (χ1) is 9.65. The second-order valence-electron chi connectivity index (χ2n) is 3.95. The topological polar surface area (TPSA) is 35.5 Å². The van der Waals surface area contributed by atoms with Crippen LogP contribution in [0.25, 0.3) is 11.1 Å². The average Bonchev–Trinajstić information content (AvgIpc) is 2.47. The maximum atomic E-state index is 12.5. The standard InChI is InChI=1S/C15H12F2O3/c1-19-13-5-3-2-4-11(13)12-8-10(9-18)6-7-14(12)20-15(16)17/h2-9,15H,1H3. The first kappa shape index (κ1) is 14.0.